The Morgan fingerprint density at radius 2 is 1.94 bits per heavy atom. The molecule has 0 heterocycles. The number of hydrogen-bond acceptors (Lipinski definition) is 3. The number of methoxy groups -OCH3 is 1. The predicted octanol–water partition coefficient (Wildman–Crippen LogP) is 2.00. The summed E-state index contributed by atoms with van der Waals surface area (Å²) in [5, 5.41) is 0.760. The van der Waals surface area contributed by atoms with E-state index in [1.54, 1.807) is 0 Å². The van der Waals surface area contributed by atoms with Gasteiger partial charge in [-0.25, -0.2) is 0 Å². The average molecular weight is 242 g/mol. The van der Waals surface area contributed by atoms with Crippen molar-refractivity contribution in [3.05, 3.63) is 33.8 Å². The van der Waals surface area contributed by atoms with Crippen LogP contribution in [0.1, 0.15) is 16.7 Å². The third-order valence-corrected chi connectivity index (χ3v) is 3.05. The zero-order valence-corrected chi connectivity index (χ0v) is 10.5. The Morgan fingerprint density at radius 3 is 2.38 bits per heavy atom. The van der Waals surface area contributed by atoms with Crippen molar-refractivity contribution in [3.63, 3.8) is 0 Å². The summed E-state index contributed by atoms with van der Waals surface area (Å²) in [6.45, 7) is 3.87. The van der Waals surface area contributed by atoms with Crippen molar-refractivity contribution in [1.29, 1.82) is 0 Å². The van der Waals surface area contributed by atoms with Crippen LogP contribution in [-0.2, 0) is 16.0 Å². The molecule has 0 aromatic heterocycles. The minimum atomic E-state index is -0.620. The molecule has 4 heteroatoms. The third-order valence-electron chi connectivity index (χ3n) is 2.46. The summed E-state index contributed by atoms with van der Waals surface area (Å²) < 4.78 is 4.58. The van der Waals surface area contributed by atoms with Gasteiger partial charge in [-0.2, -0.15) is 0 Å². The lowest BCUT2D eigenvalue weighted by molar-refractivity contribution is -0.142. The maximum Gasteiger partial charge on any atom is 0.322 e. The molecule has 1 aromatic rings. The molecule has 0 aliphatic carbocycles. The van der Waals surface area contributed by atoms with Gasteiger partial charge in [0.15, 0.2) is 0 Å². The molecule has 0 aliphatic heterocycles. The number of benzene rings is 1. The molecular weight excluding hydrogens is 226 g/mol. The second kappa shape index (κ2) is 5.32. The number of hydrogen-bond donors (Lipinski definition) is 1. The number of carbonyl (C=O) groups is 1. The fourth-order valence-corrected chi connectivity index (χ4v) is 1.75. The summed E-state index contributed by atoms with van der Waals surface area (Å²) in [6.07, 6.45) is 0.464. The molecule has 0 saturated carbocycles. The van der Waals surface area contributed by atoms with E-state index in [-0.39, 0.29) is 0 Å². The molecule has 1 atom stereocenters. The SMILES string of the molecule is COC(=O)[C@@H](N)Cc1cc(C)c(Cl)c(C)c1. The molecular formula is C12H16ClNO2. The smallest absolute Gasteiger partial charge is 0.322 e. The van der Waals surface area contributed by atoms with Crippen LogP contribution in [-0.4, -0.2) is 19.1 Å². The van der Waals surface area contributed by atoms with Gasteiger partial charge in [0.25, 0.3) is 0 Å². The Bertz CT molecular complexity index is 381. The Labute approximate surface area is 101 Å². The van der Waals surface area contributed by atoms with Gasteiger partial charge in [0.1, 0.15) is 6.04 Å². The lowest BCUT2D eigenvalue weighted by atomic mass is 10.0. The first-order chi connectivity index (χ1) is 7.45. The fraction of sp³-hybridized carbons (Fsp3) is 0.417. The van der Waals surface area contributed by atoms with Crippen LogP contribution in [0, 0.1) is 13.8 Å². The molecule has 0 spiro atoms. The van der Waals surface area contributed by atoms with Gasteiger partial charge in [-0.1, -0.05) is 23.7 Å². The molecule has 88 valence electrons. The van der Waals surface area contributed by atoms with Crippen LogP contribution in [0.4, 0.5) is 0 Å². The molecule has 2 N–H and O–H groups in total. The maximum absolute atomic E-state index is 11.2. The van der Waals surface area contributed by atoms with Gasteiger partial charge in [-0.15, -0.1) is 0 Å². The molecule has 0 bridgehead atoms. The lowest BCUT2D eigenvalue weighted by Crippen LogP contribution is -2.33. The van der Waals surface area contributed by atoms with Gasteiger partial charge in [-0.3, -0.25) is 4.79 Å². The molecule has 0 saturated heterocycles. The summed E-state index contributed by atoms with van der Waals surface area (Å²) in [5.74, 6) is -0.398. The molecule has 1 aromatic carbocycles. The standard InChI is InChI=1S/C12H16ClNO2/c1-7-4-9(5-8(2)11(7)13)6-10(14)12(15)16-3/h4-5,10H,6,14H2,1-3H3/t10-/m0/s1. The first kappa shape index (κ1) is 13.0. The molecule has 0 fully saturated rings. The van der Waals surface area contributed by atoms with Gasteiger partial charge in [-0.05, 0) is 37.0 Å². The number of carbonyl (C=O) groups excluding carboxylic acids is 1. The summed E-state index contributed by atoms with van der Waals surface area (Å²) in [7, 11) is 1.33. The Hall–Kier alpha value is -1.06. The quantitative estimate of drug-likeness (QED) is 0.824. The summed E-state index contributed by atoms with van der Waals surface area (Å²) in [6, 6.07) is 3.26. The van der Waals surface area contributed by atoms with Gasteiger partial charge in [0.05, 0.1) is 7.11 Å². The summed E-state index contributed by atoms with van der Waals surface area (Å²) in [4.78, 5) is 11.2. The van der Waals surface area contributed by atoms with Gasteiger partial charge >= 0.3 is 5.97 Å². The van der Waals surface area contributed by atoms with Crippen LogP contribution >= 0.6 is 11.6 Å². The van der Waals surface area contributed by atoms with Gasteiger partial charge in [0, 0.05) is 5.02 Å². The second-order valence-corrected chi connectivity index (χ2v) is 4.26. The summed E-state index contributed by atoms with van der Waals surface area (Å²) >= 11 is 6.05. The highest BCUT2D eigenvalue weighted by atomic mass is 35.5. The normalized spacial score (nSPS) is 12.3. The van der Waals surface area contributed by atoms with Crippen molar-refractivity contribution < 1.29 is 9.53 Å². The third kappa shape index (κ3) is 2.97. The van der Waals surface area contributed by atoms with E-state index in [0.29, 0.717) is 6.42 Å². The highest BCUT2D eigenvalue weighted by Crippen LogP contribution is 2.22. The van der Waals surface area contributed by atoms with Crippen LogP contribution in [0.25, 0.3) is 0 Å². The van der Waals surface area contributed by atoms with E-state index in [2.05, 4.69) is 4.74 Å². The van der Waals surface area contributed by atoms with Crippen LogP contribution in [0.5, 0.6) is 0 Å². The van der Waals surface area contributed by atoms with E-state index >= 15 is 0 Å². The zero-order chi connectivity index (χ0) is 12.3. The van der Waals surface area contributed by atoms with E-state index in [1.165, 1.54) is 7.11 Å². The predicted molar refractivity (Wildman–Crippen MR) is 64.6 cm³/mol. The van der Waals surface area contributed by atoms with Crippen molar-refractivity contribution in [2.24, 2.45) is 5.73 Å². The Balaban J connectivity index is 2.86. The molecule has 0 radical (unpaired) electrons. The summed E-state index contributed by atoms with van der Waals surface area (Å²) in [5.41, 5.74) is 8.68. The average Bonchev–Trinajstić information content (AvgIpc) is 2.24. The van der Waals surface area contributed by atoms with Crippen molar-refractivity contribution in [2.75, 3.05) is 7.11 Å². The fourth-order valence-electron chi connectivity index (χ4n) is 1.64. The van der Waals surface area contributed by atoms with E-state index in [0.717, 1.165) is 21.7 Å². The minimum absolute atomic E-state index is 0.398. The molecule has 0 aliphatic rings. The van der Waals surface area contributed by atoms with Crippen molar-refractivity contribution in [2.45, 2.75) is 26.3 Å². The van der Waals surface area contributed by atoms with E-state index in [1.807, 2.05) is 26.0 Å². The number of ether oxygens (including phenoxy) is 1. The maximum atomic E-state index is 11.2. The number of nitrogens with two attached hydrogens (primary N) is 1. The van der Waals surface area contributed by atoms with Crippen molar-refractivity contribution >= 4 is 17.6 Å². The number of rotatable bonds is 3. The van der Waals surface area contributed by atoms with Crippen molar-refractivity contribution in [3.8, 4) is 0 Å². The molecule has 0 unspecified atom stereocenters. The molecule has 3 nitrogen and oxygen atoms in total. The highest BCUT2D eigenvalue weighted by molar-refractivity contribution is 6.32. The van der Waals surface area contributed by atoms with Crippen LogP contribution in [0.3, 0.4) is 0 Å². The number of aryl methyl sites for hydroxylation is 2. The minimum Gasteiger partial charge on any atom is -0.468 e. The monoisotopic (exact) mass is 241 g/mol. The number of esters is 1. The second-order valence-electron chi connectivity index (χ2n) is 3.88. The van der Waals surface area contributed by atoms with Gasteiger partial charge < -0.3 is 10.5 Å². The number of halogens is 1. The van der Waals surface area contributed by atoms with Crippen LogP contribution in [0.2, 0.25) is 5.02 Å². The Morgan fingerprint density at radius 1 is 1.44 bits per heavy atom. The molecule has 0 amide bonds. The van der Waals surface area contributed by atoms with E-state index in [9.17, 15) is 4.79 Å². The van der Waals surface area contributed by atoms with E-state index < -0.39 is 12.0 Å². The highest BCUT2D eigenvalue weighted by Gasteiger charge is 2.15. The topological polar surface area (TPSA) is 52.3 Å². The first-order valence-corrected chi connectivity index (χ1v) is 5.42. The zero-order valence-electron chi connectivity index (χ0n) is 9.71. The largest absolute Gasteiger partial charge is 0.468 e. The van der Waals surface area contributed by atoms with Crippen LogP contribution < -0.4 is 5.73 Å². The molecule has 1 rings (SSSR count). The molecule has 16 heavy (non-hydrogen) atoms. The Kier molecular flexibility index (Phi) is 4.33. The lowest BCUT2D eigenvalue weighted by Gasteiger charge is -2.11. The van der Waals surface area contributed by atoms with Crippen LogP contribution in [0.15, 0.2) is 12.1 Å². The van der Waals surface area contributed by atoms with Gasteiger partial charge in [0.2, 0.25) is 0 Å². The first-order valence-electron chi connectivity index (χ1n) is 5.04. The van der Waals surface area contributed by atoms with E-state index in [4.69, 9.17) is 17.3 Å². The van der Waals surface area contributed by atoms with Crippen molar-refractivity contribution in [1.82, 2.24) is 0 Å².